The number of carbonyl (C=O) groups excluding carboxylic acids is 1. The highest BCUT2D eigenvalue weighted by Crippen LogP contribution is 2.23. The van der Waals surface area contributed by atoms with Crippen molar-refractivity contribution < 1.29 is 4.79 Å². The van der Waals surface area contributed by atoms with Gasteiger partial charge in [0.25, 0.3) is 5.91 Å². The molecule has 102 valence electrons. The number of amides is 1. The lowest BCUT2D eigenvalue weighted by atomic mass is 10.1. The van der Waals surface area contributed by atoms with Crippen LogP contribution >= 0.6 is 0 Å². The fourth-order valence-electron chi connectivity index (χ4n) is 3.12. The van der Waals surface area contributed by atoms with Crippen molar-refractivity contribution in [1.82, 2.24) is 5.32 Å². The lowest BCUT2D eigenvalue weighted by Crippen LogP contribution is -2.34. The molecule has 0 spiro atoms. The molecule has 0 atom stereocenters. The molecule has 1 fully saturated rings. The minimum atomic E-state index is 0.0865. The van der Waals surface area contributed by atoms with Crippen molar-refractivity contribution in [3.8, 4) is 0 Å². The van der Waals surface area contributed by atoms with Crippen molar-refractivity contribution in [3.05, 3.63) is 29.3 Å². The van der Waals surface area contributed by atoms with Gasteiger partial charge in [0.15, 0.2) is 0 Å². The third-order valence-corrected chi connectivity index (χ3v) is 4.27. The van der Waals surface area contributed by atoms with Crippen molar-refractivity contribution in [1.29, 1.82) is 0 Å². The Kier molecular flexibility index (Phi) is 3.72. The molecule has 1 amide bonds. The molecule has 0 bridgehead atoms. The molecule has 3 rings (SSSR count). The van der Waals surface area contributed by atoms with Crippen molar-refractivity contribution in [2.45, 2.75) is 51.0 Å². The second-order valence-corrected chi connectivity index (χ2v) is 5.71. The zero-order chi connectivity index (χ0) is 13.1. The van der Waals surface area contributed by atoms with Crippen LogP contribution in [0.5, 0.6) is 0 Å². The number of hydrogen-bond acceptors (Lipinski definition) is 2. The quantitative estimate of drug-likeness (QED) is 0.800. The van der Waals surface area contributed by atoms with Crippen molar-refractivity contribution in [2.75, 3.05) is 11.9 Å². The van der Waals surface area contributed by atoms with Crippen molar-refractivity contribution in [3.63, 3.8) is 0 Å². The Bertz CT molecular complexity index is 462. The topological polar surface area (TPSA) is 41.1 Å². The van der Waals surface area contributed by atoms with E-state index in [0.717, 1.165) is 37.1 Å². The van der Waals surface area contributed by atoms with Crippen LogP contribution in [0.25, 0.3) is 0 Å². The lowest BCUT2D eigenvalue weighted by molar-refractivity contribution is 0.0933. The predicted molar refractivity (Wildman–Crippen MR) is 77.6 cm³/mol. The van der Waals surface area contributed by atoms with Gasteiger partial charge in [-0.2, -0.15) is 0 Å². The standard InChI is InChI=1S/C16H22N2O/c19-16(18-14-5-3-1-2-4-6-14)13-8-7-12-9-10-17-15(12)11-13/h7-8,11,14,17H,1-6,9-10H2,(H,18,19). The summed E-state index contributed by atoms with van der Waals surface area (Å²) in [5.41, 5.74) is 3.25. The Morgan fingerprint density at radius 1 is 1.16 bits per heavy atom. The molecule has 19 heavy (non-hydrogen) atoms. The highest BCUT2D eigenvalue weighted by molar-refractivity contribution is 5.95. The van der Waals surface area contributed by atoms with Gasteiger partial charge in [-0.25, -0.2) is 0 Å². The first kappa shape index (κ1) is 12.5. The Morgan fingerprint density at radius 2 is 1.95 bits per heavy atom. The van der Waals surface area contributed by atoms with Gasteiger partial charge in [-0.05, 0) is 37.0 Å². The molecule has 2 aliphatic rings. The normalized spacial score (nSPS) is 19.4. The molecule has 0 radical (unpaired) electrons. The number of rotatable bonds is 2. The summed E-state index contributed by atoms with van der Waals surface area (Å²) in [6.45, 7) is 0.989. The Morgan fingerprint density at radius 3 is 2.74 bits per heavy atom. The van der Waals surface area contributed by atoms with E-state index in [2.05, 4.69) is 16.7 Å². The molecule has 0 unspecified atom stereocenters. The molecule has 1 saturated carbocycles. The van der Waals surface area contributed by atoms with Crippen LogP contribution in [0.2, 0.25) is 0 Å². The Balaban J connectivity index is 1.66. The van der Waals surface area contributed by atoms with E-state index < -0.39 is 0 Å². The highest BCUT2D eigenvalue weighted by Gasteiger charge is 2.17. The summed E-state index contributed by atoms with van der Waals surface area (Å²) >= 11 is 0. The molecular weight excluding hydrogens is 236 g/mol. The highest BCUT2D eigenvalue weighted by atomic mass is 16.1. The van der Waals surface area contributed by atoms with Gasteiger partial charge in [0, 0.05) is 23.8 Å². The summed E-state index contributed by atoms with van der Waals surface area (Å²) < 4.78 is 0. The van der Waals surface area contributed by atoms with Gasteiger partial charge in [0.2, 0.25) is 0 Å². The SMILES string of the molecule is O=C(NC1CCCCCC1)c1ccc2c(c1)NCC2. The number of hydrogen-bond donors (Lipinski definition) is 2. The molecule has 0 aromatic heterocycles. The maximum atomic E-state index is 12.3. The van der Waals surface area contributed by atoms with Crippen LogP contribution in [-0.2, 0) is 6.42 Å². The fraction of sp³-hybridized carbons (Fsp3) is 0.562. The third kappa shape index (κ3) is 2.91. The van der Waals surface area contributed by atoms with E-state index in [1.807, 2.05) is 12.1 Å². The van der Waals surface area contributed by atoms with E-state index in [9.17, 15) is 4.79 Å². The van der Waals surface area contributed by atoms with Crippen LogP contribution in [0.15, 0.2) is 18.2 Å². The molecule has 2 N–H and O–H groups in total. The first-order chi connectivity index (χ1) is 9.33. The van der Waals surface area contributed by atoms with Gasteiger partial charge in [0.05, 0.1) is 0 Å². The zero-order valence-corrected chi connectivity index (χ0v) is 11.4. The molecule has 3 nitrogen and oxygen atoms in total. The monoisotopic (exact) mass is 258 g/mol. The van der Waals surface area contributed by atoms with Crippen molar-refractivity contribution in [2.24, 2.45) is 0 Å². The number of benzene rings is 1. The summed E-state index contributed by atoms with van der Waals surface area (Å²) in [5, 5.41) is 6.53. The second-order valence-electron chi connectivity index (χ2n) is 5.71. The third-order valence-electron chi connectivity index (χ3n) is 4.27. The lowest BCUT2D eigenvalue weighted by Gasteiger charge is -2.16. The summed E-state index contributed by atoms with van der Waals surface area (Å²) in [6.07, 6.45) is 8.46. The smallest absolute Gasteiger partial charge is 0.251 e. The van der Waals surface area contributed by atoms with Crippen LogP contribution in [0.1, 0.15) is 54.4 Å². The van der Waals surface area contributed by atoms with Gasteiger partial charge >= 0.3 is 0 Å². The summed E-state index contributed by atoms with van der Waals surface area (Å²) in [4.78, 5) is 12.3. The average Bonchev–Trinajstić information content (AvgIpc) is 2.75. The maximum Gasteiger partial charge on any atom is 0.251 e. The maximum absolute atomic E-state index is 12.3. The molecule has 1 aromatic rings. The number of nitrogens with one attached hydrogen (secondary N) is 2. The van der Waals surface area contributed by atoms with Gasteiger partial charge in [0.1, 0.15) is 0 Å². The van der Waals surface area contributed by atoms with E-state index in [4.69, 9.17) is 0 Å². The van der Waals surface area contributed by atoms with E-state index in [1.54, 1.807) is 0 Å². The van der Waals surface area contributed by atoms with Gasteiger partial charge in [-0.1, -0.05) is 31.7 Å². The zero-order valence-electron chi connectivity index (χ0n) is 11.4. The summed E-state index contributed by atoms with van der Waals surface area (Å²) in [7, 11) is 0. The van der Waals surface area contributed by atoms with Gasteiger partial charge in [-0.15, -0.1) is 0 Å². The number of anilines is 1. The van der Waals surface area contributed by atoms with Gasteiger partial charge in [-0.3, -0.25) is 4.79 Å². The van der Waals surface area contributed by atoms with E-state index in [-0.39, 0.29) is 5.91 Å². The first-order valence-corrected chi connectivity index (χ1v) is 7.50. The Hall–Kier alpha value is -1.51. The number of carbonyl (C=O) groups is 1. The largest absolute Gasteiger partial charge is 0.384 e. The van der Waals surface area contributed by atoms with E-state index in [1.165, 1.54) is 31.2 Å². The summed E-state index contributed by atoms with van der Waals surface area (Å²) in [5.74, 6) is 0.0865. The first-order valence-electron chi connectivity index (χ1n) is 7.50. The van der Waals surface area contributed by atoms with Crippen LogP contribution in [0.4, 0.5) is 5.69 Å². The van der Waals surface area contributed by atoms with E-state index >= 15 is 0 Å². The van der Waals surface area contributed by atoms with Crippen LogP contribution in [0.3, 0.4) is 0 Å². The molecule has 1 aliphatic carbocycles. The Labute approximate surface area is 114 Å². The molecule has 1 heterocycles. The van der Waals surface area contributed by atoms with Crippen LogP contribution in [0, 0.1) is 0 Å². The molecule has 1 aliphatic heterocycles. The van der Waals surface area contributed by atoms with Crippen LogP contribution in [-0.4, -0.2) is 18.5 Å². The molecule has 1 aromatic carbocycles. The average molecular weight is 258 g/mol. The fourth-order valence-corrected chi connectivity index (χ4v) is 3.12. The molecular formula is C16H22N2O. The molecule has 3 heteroatoms. The number of fused-ring (bicyclic) bond motifs is 1. The minimum Gasteiger partial charge on any atom is -0.384 e. The van der Waals surface area contributed by atoms with Crippen LogP contribution < -0.4 is 10.6 Å². The van der Waals surface area contributed by atoms with Gasteiger partial charge < -0.3 is 10.6 Å². The minimum absolute atomic E-state index is 0.0865. The second kappa shape index (κ2) is 5.64. The molecule has 0 saturated heterocycles. The predicted octanol–water partition coefficient (Wildman–Crippen LogP) is 3.11. The van der Waals surface area contributed by atoms with E-state index in [0.29, 0.717) is 6.04 Å². The summed E-state index contributed by atoms with van der Waals surface area (Å²) in [6, 6.07) is 6.40. The van der Waals surface area contributed by atoms with Crippen molar-refractivity contribution >= 4 is 11.6 Å².